The lowest BCUT2D eigenvalue weighted by Gasteiger charge is -2.37. The summed E-state index contributed by atoms with van der Waals surface area (Å²) < 4.78 is 11.7. The van der Waals surface area contributed by atoms with E-state index in [1.807, 2.05) is 35.0 Å². The summed E-state index contributed by atoms with van der Waals surface area (Å²) in [5.41, 5.74) is 3.17. The van der Waals surface area contributed by atoms with Crippen molar-refractivity contribution in [2.45, 2.75) is 25.7 Å². The van der Waals surface area contributed by atoms with E-state index in [1.165, 1.54) is 7.11 Å². The number of imidazole rings is 1. The van der Waals surface area contributed by atoms with Crippen LogP contribution in [0.4, 0.5) is 0 Å². The molecule has 0 bridgehead atoms. The average Bonchev–Trinajstić information content (AvgIpc) is 3.33. The van der Waals surface area contributed by atoms with E-state index in [1.54, 1.807) is 13.1 Å². The number of hydrogen-bond acceptors (Lipinski definition) is 8. The van der Waals surface area contributed by atoms with Crippen LogP contribution >= 0.6 is 8.60 Å². The van der Waals surface area contributed by atoms with Crippen molar-refractivity contribution in [3.63, 3.8) is 0 Å². The lowest BCUT2D eigenvalue weighted by Crippen LogP contribution is -2.53. The van der Waals surface area contributed by atoms with Crippen molar-refractivity contribution in [3.05, 3.63) is 72.3 Å². The summed E-state index contributed by atoms with van der Waals surface area (Å²) in [4.78, 5) is 21.7. The van der Waals surface area contributed by atoms with Crippen molar-refractivity contribution >= 4 is 8.60 Å². The van der Waals surface area contributed by atoms with Crippen molar-refractivity contribution in [3.8, 4) is 34.8 Å². The Morgan fingerprint density at radius 3 is 2.25 bits per heavy atom. The van der Waals surface area contributed by atoms with Crippen LogP contribution in [-0.2, 0) is 11.1 Å². The number of nitrogens with zero attached hydrogens (tertiary/aromatic N) is 4. The SMILES string of the molecule is CC(O)c1nccn1CC#Cc1ccc(-c2ccc(OC3CN(CC#N)C3)cc2)cc1.COP(O)O. The molecule has 1 unspecified atom stereocenters. The molecule has 10 heteroatoms. The van der Waals surface area contributed by atoms with Crippen LogP contribution in [0.2, 0.25) is 0 Å². The number of hydrogen-bond donors (Lipinski definition) is 3. The van der Waals surface area contributed by atoms with E-state index in [0.717, 1.165) is 35.5 Å². The molecule has 0 aliphatic carbocycles. The van der Waals surface area contributed by atoms with Crippen LogP contribution in [0.15, 0.2) is 60.9 Å². The van der Waals surface area contributed by atoms with Gasteiger partial charge >= 0.3 is 8.60 Å². The molecule has 1 aliphatic rings. The first-order valence-electron chi connectivity index (χ1n) is 11.3. The number of rotatable bonds is 7. The van der Waals surface area contributed by atoms with Gasteiger partial charge in [-0.15, -0.1) is 0 Å². The Bertz CT molecular complexity index is 1190. The minimum Gasteiger partial charge on any atom is -0.488 e. The summed E-state index contributed by atoms with van der Waals surface area (Å²) in [6.07, 6.45) is 3.04. The van der Waals surface area contributed by atoms with E-state index in [0.29, 0.717) is 18.9 Å². The van der Waals surface area contributed by atoms with Crippen molar-refractivity contribution < 1.29 is 24.2 Å². The molecule has 1 aliphatic heterocycles. The maximum Gasteiger partial charge on any atom is 0.326 e. The van der Waals surface area contributed by atoms with Gasteiger partial charge in [0.25, 0.3) is 0 Å². The van der Waals surface area contributed by atoms with E-state index in [9.17, 15) is 5.11 Å². The largest absolute Gasteiger partial charge is 0.488 e. The molecular weight excluding hydrogens is 479 g/mol. The van der Waals surface area contributed by atoms with E-state index in [-0.39, 0.29) is 6.10 Å². The number of likely N-dealkylation sites (tertiary alicyclic amines) is 1. The monoisotopic (exact) mass is 508 g/mol. The van der Waals surface area contributed by atoms with E-state index in [2.05, 4.69) is 56.6 Å². The van der Waals surface area contributed by atoms with E-state index < -0.39 is 14.7 Å². The Labute approximate surface area is 212 Å². The first-order chi connectivity index (χ1) is 17.4. The summed E-state index contributed by atoms with van der Waals surface area (Å²) >= 11 is 0. The molecular formula is C26H29N4O5P. The normalized spacial score (nSPS) is 14.0. The predicted molar refractivity (Wildman–Crippen MR) is 136 cm³/mol. The first-order valence-corrected chi connectivity index (χ1v) is 12.4. The zero-order chi connectivity index (χ0) is 25.9. The number of benzene rings is 2. The molecule has 3 aromatic rings. The average molecular weight is 509 g/mol. The molecule has 0 amide bonds. The lowest BCUT2D eigenvalue weighted by atomic mass is 10.0. The number of aromatic nitrogens is 2. The molecule has 2 aromatic carbocycles. The second-order valence-corrected chi connectivity index (χ2v) is 8.89. The molecule has 3 N–H and O–H groups in total. The Balaban J connectivity index is 0.000000658. The molecule has 0 saturated carbocycles. The molecule has 36 heavy (non-hydrogen) atoms. The molecule has 1 fully saturated rings. The lowest BCUT2D eigenvalue weighted by molar-refractivity contribution is 0.0293. The fourth-order valence-electron chi connectivity index (χ4n) is 3.54. The van der Waals surface area contributed by atoms with Crippen molar-refractivity contribution in [1.82, 2.24) is 14.5 Å². The Morgan fingerprint density at radius 1 is 1.08 bits per heavy atom. The molecule has 1 saturated heterocycles. The zero-order valence-electron chi connectivity index (χ0n) is 20.2. The van der Waals surface area contributed by atoms with Crippen LogP contribution < -0.4 is 4.74 Å². The third kappa shape index (κ3) is 8.15. The van der Waals surface area contributed by atoms with Crippen LogP contribution in [0, 0.1) is 23.2 Å². The third-order valence-electron chi connectivity index (χ3n) is 5.36. The Kier molecular flexibility index (Phi) is 10.4. The second kappa shape index (κ2) is 13.7. The van der Waals surface area contributed by atoms with Gasteiger partial charge in [-0.05, 0) is 42.3 Å². The van der Waals surface area contributed by atoms with Crippen LogP contribution in [-0.4, -0.2) is 62.2 Å². The van der Waals surface area contributed by atoms with Gasteiger partial charge in [0.1, 0.15) is 23.8 Å². The summed E-state index contributed by atoms with van der Waals surface area (Å²) in [5.74, 6) is 7.76. The fourth-order valence-corrected chi connectivity index (χ4v) is 3.54. The molecule has 1 atom stereocenters. The highest BCUT2D eigenvalue weighted by molar-refractivity contribution is 7.39. The number of ether oxygens (including phenoxy) is 1. The van der Waals surface area contributed by atoms with Gasteiger partial charge in [-0.2, -0.15) is 5.26 Å². The van der Waals surface area contributed by atoms with Gasteiger partial charge in [-0.3, -0.25) is 4.90 Å². The van der Waals surface area contributed by atoms with Gasteiger partial charge in [-0.1, -0.05) is 36.1 Å². The maximum absolute atomic E-state index is 9.70. The van der Waals surface area contributed by atoms with Crippen molar-refractivity contribution in [2.75, 3.05) is 26.7 Å². The Hall–Kier alpha value is -3.27. The second-order valence-electron chi connectivity index (χ2n) is 8.02. The highest BCUT2D eigenvalue weighted by Crippen LogP contribution is 2.24. The Morgan fingerprint density at radius 2 is 1.69 bits per heavy atom. The smallest absolute Gasteiger partial charge is 0.326 e. The molecule has 0 spiro atoms. The van der Waals surface area contributed by atoms with Gasteiger partial charge in [0.15, 0.2) is 0 Å². The van der Waals surface area contributed by atoms with Crippen LogP contribution in [0.1, 0.15) is 24.4 Å². The molecule has 188 valence electrons. The number of aliphatic hydroxyl groups excluding tert-OH is 1. The van der Waals surface area contributed by atoms with Crippen LogP contribution in [0.3, 0.4) is 0 Å². The zero-order valence-corrected chi connectivity index (χ0v) is 21.0. The van der Waals surface area contributed by atoms with Gasteiger partial charge < -0.3 is 28.7 Å². The predicted octanol–water partition coefficient (Wildman–Crippen LogP) is 3.09. The summed E-state index contributed by atoms with van der Waals surface area (Å²) in [7, 11) is -0.870. The third-order valence-corrected chi connectivity index (χ3v) is 5.69. The minimum absolute atomic E-state index is 0.163. The summed E-state index contributed by atoms with van der Waals surface area (Å²) in [6.45, 7) is 4.25. The van der Waals surface area contributed by atoms with E-state index in [4.69, 9.17) is 19.8 Å². The molecule has 1 aromatic heterocycles. The van der Waals surface area contributed by atoms with E-state index >= 15 is 0 Å². The van der Waals surface area contributed by atoms with Crippen molar-refractivity contribution in [2.24, 2.45) is 0 Å². The highest BCUT2D eigenvalue weighted by atomic mass is 31.2. The molecule has 0 radical (unpaired) electrons. The van der Waals surface area contributed by atoms with Gasteiger partial charge in [-0.25, -0.2) is 4.98 Å². The maximum atomic E-state index is 9.70. The quantitative estimate of drug-likeness (QED) is 0.253. The topological polar surface area (TPSA) is 124 Å². The minimum atomic E-state index is -2.10. The van der Waals surface area contributed by atoms with Gasteiger partial charge in [0, 0.05) is 38.2 Å². The van der Waals surface area contributed by atoms with Gasteiger partial charge in [0.05, 0.1) is 19.2 Å². The van der Waals surface area contributed by atoms with Crippen LogP contribution in [0.25, 0.3) is 11.1 Å². The molecule has 4 rings (SSSR count). The number of nitriles is 1. The summed E-state index contributed by atoms with van der Waals surface area (Å²) in [6, 6.07) is 18.4. The first kappa shape index (κ1) is 27.3. The summed E-state index contributed by atoms with van der Waals surface area (Å²) in [5, 5.41) is 18.4. The highest BCUT2D eigenvalue weighted by Gasteiger charge is 2.27. The van der Waals surface area contributed by atoms with Crippen LogP contribution in [0.5, 0.6) is 5.75 Å². The van der Waals surface area contributed by atoms with Crippen molar-refractivity contribution in [1.29, 1.82) is 5.26 Å². The molecule has 9 nitrogen and oxygen atoms in total. The number of aliphatic hydroxyl groups is 1. The fraction of sp³-hybridized carbons (Fsp3) is 0.308. The molecule has 2 heterocycles. The standard InChI is InChI=1S/C25H24N4O2.CH5O3P/c1-19(30)25-27-13-16-29(25)14-2-3-20-4-6-21(7-5-20)22-8-10-23(11-9-22)31-24-17-28(18-24)15-12-26;1-4-5(2)3/h4-11,13,16,19,24,30H,14-15,17-18H2,1H3;2-3H,1H3. The van der Waals surface area contributed by atoms with Gasteiger partial charge in [0.2, 0.25) is 0 Å².